The Labute approximate surface area is 121 Å². The first kappa shape index (κ1) is 14.9. The standard InChI is InChI=1S/C8H10Br2ClNO2S2/c1-5(3-9)4-12-16(13,14)7-2-6(11)8(10)15-7/h2,5,12H,3-4H2,1H3. The number of hydrogen-bond acceptors (Lipinski definition) is 3. The largest absolute Gasteiger partial charge is 0.250 e. The van der Waals surface area contributed by atoms with Crippen molar-refractivity contribution in [3.63, 3.8) is 0 Å². The average molecular weight is 412 g/mol. The number of halogens is 3. The third kappa shape index (κ3) is 3.96. The lowest BCUT2D eigenvalue weighted by Gasteiger charge is -2.08. The lowest BCUT2D eigenvalue weighted by Crippen LogP contribution is -2.28. The van der Waals surface area contributed by atoms with Crippen LogP contribution in [-0.4, -0.2) is 20.3 Å². The highest BCUT2D eigenvalue weighted by Gasteiger charge is 2.19. The zero-order valence-corrected chi connectivity index (χ0v) is 13.9. The van der Waals surface area contributed by atoms with E-state index in [0.717, 1.165) is 16.7 Å². The van der Waals surface area contributed by atoms with E-state index in [1.807, 2.05) is 6.92 Å². The highest BCUT2D eigenvalue weighted by Crippen LogP contribution is 2.34. The Morgan fingerprint density at radius 2 is 2.25 bits per heavy atom. The Morgan fingerprint density at radius 3 is 2.69 bits per heavy atom. The SMILES string of the molecule is CC(CBr)CNS(=O)(=O)c1cc(Cl)c(Br)s1. The van der Waals surface area contributed by atoms with Crippen LogP contribution in [0.4, 0.5) is 0 Å². The summed E-state index contributed by atoms with van der Waals surface area (Å²) in [7, 11) is -3.43. The fourth-order valence-corrected chi connectivity index (χ4v) is 4.67. The molecule has 1 aromatic heterocycles. The van der Waals surface area contributed by atoms with Gasteiger partial charge in [-0.2, -0.15) is 0 Å². The molecule has 1 atom stereocenters. The zero-order chi connectivity index (χ0) is 12.3. The van der Waals surface area contributed by atoms with Crippen LogP contribution in [0.2, 0.25) is 5.02 Å². The van der Waals surface area contributed by atoms with Gasteiger partial charge in [-0.25, -0.2) is 13.1 Å². The van der Waals surface area contributed by atoms with E-state index in [9.17, 15) is 8.42 Å². The molecule has 0 amide bonds. The van der Waals surface area contributed by atoms with Crippen LogP contribution in [0, 0.1) is 5.92 Å². The Hall–Kier alpha value is 0.860. The second kappa shape index (κ2) is 6.15. The first-order valence-corrected chi connectivity index (χ1v) is 8.96. The lowest BCUT2D eigenvalue weighted by atomic mass is 10.2. The van der Waals surface area contributed by atoms with Crippen molar-refractivity contribution in [2.24, 2.45) is 5.92 Å². The molecule has 0 saturated carbocycles. The average Bonchev–Trinajstić information content (AvgIpc) is 2.56. The summed E-state index contributed by atoms with van der Waals surface area (Å²) < 4.78 is 27.0. The molecular formula is C8H10Br2ClNO2S2. The second-order valence-corrected chi connectivity index (χ2v) is 8.72. The molecule has 1 N–H and O–H groups in total. The molecule has 8 heteroatoms. The number of sulfonamides is 1. The molecule has 1 aromatic rings. The van der Waals surface area contributed by atoms with Crippen molar-refractivity contribution >= 4 is 64.8 Å². The molecule has 0 bridgehead atoms. The predicted molar refractivity (Wildman–Crippen MR) is 75.2 cm³/mol. The predicted octanol–water partition coefficient (Wildman–Crippen LogP) is 3.47. The molecule has 0 radical (unpaired) electrons. The first-order chi connectivity index (χ1) is 7.36. The van der Waals surface area contributed by atoms with Crippen LogP contribution in [0.25, 0.3) is 0 Å². The maximum Gasteiger partial charge on any atom is 0.250 e. The minimum atomic E-state index is -3.43. The molecule has 0 spiro atoms. The number of alkyl halides is 1. The third-order valence-corrected chi connectivity index (χ3v) is 7.25. The molecule has 0 aliphatic heterocycles. The van der Waals surface area contributed by atoms with Gasteiger partial charge in [-0.3, -0.25) is 0 Å². The van der Waals surface area contributed by atoms with E-state index in [2.05, 4.69) is 36.6 Å². The van der Waals surface area contributed by atoms with Crippen molar-refractivity contribution in [1.82, 2.24) is 4.72 Å². The van der Waals surface area contributed by atoms with Crippen LogP contribution >= 0.6 is 54.8 Å². The Kier molecular flexibility index (Phi) is 5.74. The van der Waals surface area contributed by atoms with Crippen LogP contribution in [0.15, 0.2) is 14.1 Å². The molecular weight excluding hydrogens is 401 g/mol. The van der Waals surface area contributed by atoms with Crippen LogP contribution in [0.5, 0.6) is 0 Å². The Morgan fingerprint density at radius 1 is 1.62 bits per heavy atom. The van der Waals surface area contributed by atoms with Gasteiger partial charge >= 0.3 is 0 Å². The highest BCUT2D eigenvalue weighted by atomic mass is 79.9. The van der Waals surface area contributed by atoms with Crippen LogP contribution in [0.3, 0.4) is 0 Å². The number of rotatable bonds is 5. The van der Waals surface area contributed by atoms with Crippen LogP contribution in [-0.2, 0) is 10.0 Å². The molecule has 92 valence electrons. The molecule has 16 heavy (non-hydrogen) atoms. The summed E-state index contributed by atoms with van der Waals surface area (Å²) in [5.41, 5.74) is 0. The number of thiophene rings is 1. The summed E-state index contributed by atoms with van der Waals surface area (Å²) in [4.78, 5) is 0. The Bertz CT molecular complexity index is 441. The molecule has 0 fully saturated rings. The molecule has 0 saturated heterocycles. The molecule has 1 unspecified atom stereocenters. The summed E-state index contributed by atoms with van der Waals surface area (Å²) in [6, 6.07) is 1.44. The van der Waals surface area contributed by atoms with Gasteiger partial charge in [0, 0.05) is 11.9 Å². The Balaban J connectivity index is 2.78. The van der Waals surface area contributed by atoms with Gasteiger partial charge in [-0.1, -0.05) is 34.5 Å². The van der Waals surface area contributed by atoms with Gasteiger partial charge in [0.05, 0.1) is 8.81 Å². The van der Waals surface area contributed by atoms with Crippen molar-refractivity contribution in [3.05, 3.63) is 14.9 Å². The van der Waals surface area contributed by atoms with E-state index < -0.39 is 10.0 Å². The zero-order valence-electron chi connectivity index (χ0n) is 8.34. The van der Waals surface area contributed by atoms with Gasteiger partial charge in [0.1, 0.15) is 4.21 Å². The summed E-state index contributed by atoms with van der Waals surface area (Å²) in [5.74, 6) is 0.244. The van der Waals surface area contributed by atoms with E-state index in [1.165, 1.54) is 6.07 Å². The van der Waals surface area contributed by atoms with Gasteiger partial charge in [0.25, 0.3) is 0 Å². The molecule has 3 nitrogen and oxygen atoms in total. The molecule has 0 aromatic carbocycles. The van der Waals surface area contributed by atoms with Gasteiger partial charge < -0.3 is 0 Å². The second-order valence-electron chi connectivity index (χ2n) is 3.30. The molecule has 0 aliphatic rings. The minimum Gasteiger partial charge on any atom is -0.210 e. The first-order valence-electron chi connectivity index (χ1n) is 4.37. The molecule has 1 heterocycles. The van der Waals surface area contributed by atoms with E-state index in [4.69, 9.17) is 11.6 Å². The van der Waals surface area contributed by atoms with Crippen molar-refractivity contribution in [1.29, 1.82) is 0 Å². The van der Waals surface area contributed by atoms with Crippen LogP contribution in [0.1, 0.15) is 6.92 Å². The number of hydrogen-bond donors (Lipinski definition) is 1. The van der Waals surface area contributed by atoms with E-state index in [0.29, 0.717) is 15.4 Å². The van der Waals surface area contributed by atoms with Crippen LogP contribution < -0.4 is 4.72 Å². The van der Waals surface area contributed by atoms with Crippen molar-refractivity contribution in [3.8, 4) is 0 Å². The lowest BCUT2D eigenvalue weighted by molar-refractivity contribution is 0.565. The highest BCUT2D eigenvalue weighted by molar-refractivity contribution is 9.11. The number of nitrogens with one attached hydrogen (secondary N) is 1. The van der Waals surface area contributed by atoms with Gasteiger partial charge in [-0.05, 0) is 27.9 Å². The van der Waals surface area contributed by atoms with Gasteiger partial charge in [0.15, 0.2) is 0 Å². The van der Waals surface area contributed by atoms with Gasteiger partial charge in [0.2, 0.25) is 10.0 Å². The fourth-order valence-electron chi connectivity index (χ4n) is 0.837. The summed E-state index contributed by atoms with van der Waals surface area (Å²) >= 11 is 13.4. The summed E-state index contributed by atoms with van der Waals surface area (Å²) in [5, 5.41) is 1.17. The topological polar surface area (TPSA) is 46.2 Å². The normalized spacial score (nSPS) is 14.0. The monoisotopic (exact) mass is 409 g/mol. The van der Waals surface area contributed by atoms with Gasteiger partial charge in [-0.15, -0.1) is 11.3 Å². The maximum absolute atomic E-state index is 11.8. The third-order valence-electron chi connectivity index (χ3n) is 1.77. The maximum atomic E-state index is 11.8. The van der Waals surface area contributed by atoms with E-state index in [-0.39, 0.29) is 10.1 Å². The van der Waals surface area contributed by atoms with E-state index >= 15 is 0 Å². The quantitative estimate of drug-likeness (QED) is 0.754. The fraction of sp³-hybridized carbons (Fsp3) is 0.500. The molecule has 0 aliphatic carbocycles. The summed E-state index contributed by atoms with van der Waals surface area (Å²) in [6.45, 7) is 2.36. The van der Waals surface area contributed by atoms with Crippen molar-refractivity contribution < 1.29 is 8.42 Å². The summed E-state index contributed by atoms with van der Waals surface area (Å²) in [6.07, 6.45) is 0. The van der Waals surface area contributed by atoms with Crippen molar-refractivity contribution in [2.75, 3.05) is 11.9 Å². The minimum absolute atomic E-state index is 0.228. The van der Waals surface area contributed by atoms with Crippen molar-refractivity contribution in [2.45, 2.75) is 11.1 Å². The smallest absolute Gasteiger partial charge is 0.210 e. The van der Waals surface area contributed by atoms with E-state index in [1.54, 1.807) is 0 Å². The molecule has 1 rings (SSSR count).